The number of ether oxygens (including phenoxy) is 1. The van der Waals surface area contributed by atoms with Crippen molar-refractivity contribution in [3.05, 3.63) is 18.3 Å². The van der Waals surface area contributed by atoms with Crippen LogP contribution in [0.25, 0.3) is 0 Å². The van der Waals surface area contributed by atoms with Gasteiger partial charge >= 0.3 is 0 Å². The van der Waals surface area contributed by atoms with E-state index in [1.807, 2.05) is 20.8 Å². The monoisotopic (exact) mass is 251 g/mol. The van der Waals surface area contributed by atoms with E-state index in [2.05, 4.69) is 15.6 Å². The van der Waals surface area contributed by atoms with E-state index < -0.39 is 0 Å². The summed E-state index contributed by atoms with van der Waals surface area (Å²) >= 11 is 0. The molecule has 1 heterocycles. The van der Waals surface area contributed by atoms with Gasteiger partial charge in [0, 0.05) is 18.5 Å². The van der Waals surface area contributed by atoms with Gasteiger partial charge in [0.15, 0.2) is 0 Å². The molecule has 100 valence electrons. The minimum absolute atomic E-state index is 0.0191. The number of nitrogens with one attached hydrogen (secondary N) is 2. The normalized spacial score (nSPS) is 11.9. The van der Waals surface area contributed by atoms with Gasteiger partial charge in [-0.1, -0.05) is 6.92 Å². The van der Waals surface area contributed by atoms with E-state index in [0.717, 1.165) is 6.54 Å². The average molecular weight is 251 g/mol. The Morgan fingerprint density at radius 2 is 2.22 bits per heavy atom. The predicted octanol–water partition coefficient (Wildman–Crippen LogP) is 1.81. The molecule has 0 aliphatic heterocycles. The molecule has 0 spiro atoms. The molecule has 0 saturated carbocycles. The topological polar surface area (TPSA) is 63.2 Å². The van der Waals surface area contributed by atoms with E-state index in [-0.39, 0.29) is 11.9 Å². The van der Waals surface area contributed by atoms with Crippen LogP contribution in [-0.2, 0) is 4.79 Å². The first-order chi connectivity index (χ1) is 8.65. The van der Waals surface area contributed by atoms with E-state index in [0.29, 0.717) is 24.6 Å². The molecule has 0 saturated heterocycles. The third kappa shape index (κ3) is 5.14. The zero-order valence-corrected chi connectivity index (χ0v) is 11.2. The van der Waals surface area contributed by atoms with Crippen molar-refractivity contribution in [1.82, 2.24) is 10.3 Å². The van der Waals surface area contributed by atoms with Crippen molar-refractivity contribution in [2.75, 3.05) is 18.5 Å². The van der Waals surface area contributed by atoms with Gasteiger partial charge in [-0.05, 0) is 26.5 Å². The Morgan fingerprint density at radius 1 is 1.44 bits per heavy atom. The molecule has 1 unspecified atom stereocenters. The van der Waals surface area contributed by atoms with Gasteiger partial charge in [0.05, 0.1) is 18.5 Å². The molecule has 0 bridgehead atoms. The van der Waals surface area contributed by atoms with Crippen molar-refractivity contribution in [2.45, 2.75) is 33.2 Å². The molecule has 0 radical (unpaired) electrons. The molecule has 1 rings (SSSR count). The number of carbonyl (C=O) groups is 1. The van der Waals surface area contributed by atoms with Crippen LogP contribution in [0.3, 0.4) is 0 Å². The summed E-state index contributed by atoms with van der Waals surface area (Å²) in [5.41, 5.74) is 0.687. The Labute approximate surface area is 108 Å². The lowest BCUT2D eigenvalue weighted by Gasteiger charge is -2.12. The highest BCUT2D eigenvalue weighted by atomic mass is 16.5. The standard InChI is InChI=1S/C13H21N3O2/c1-4-14-10(3)8-12(17)16-11-6-7-13(15-9-11)18-5-2/h6-7,9-10,14H,4-5,8H2,1-3H3,(H,16,17). The highest BCUT2D eigenvalue weighted by Crippen LogP contribution is 2.11. The number of nitrogens with zero attached hydrogens (tertiary/aromatic N) is 1. The lowest BCUT2D eigenvalue weighted by atomic mass is 10.2. The number of hydrogen-bond donors (Lipinski definition) is 2. The molecule has 0 aliphatic rings. The molecule has 2 N–H and O–H groups in total. The molecule has 18 heavy (non-hydrogen) atoms. The fourth-order valence-electron chi connectivity index (χ4n) is 1.60. The average Bonchev–Trinajstić information content (AvgIpc) is 2.32. The summed E-state index contributed by atoms with van der Waals surface area (Å²) in [6, 6.07) is 3.70. The summed E-state index contributed by atoms with van der Waals surface area (Å²) in [6.07, 6.45) is 2.04. The van der Waals surface area contributed by atoms with Crippen LogP contribution < -0.4 is 15.4 Å². The van der Waals surface area contributed by atoms with E-state index in [1.54, 1.807) is 18.3 Å². The van der Waals surface area contributed by atoms with E-state index in [1.165, 1.54) is 0 Å². The van der Waals surface area contributed by atoms with Crippen LogP contribution in [-0.4, -0.2) is 30.1 Å². The summed E-state index contributed by atoms with van der Waals surface area (Å²) in [5.74, 6) is 0.547. The first kappa shape index (κ1) is 14.4. The third-order valence-corrected chi connectivity index (χ3v) is 2.36. The van der Waals surface area contributed by atoms with Gasteiger partial charge in [-0.3, -0.25) is 4.79 Å². The lowest BCUT2D eigenvalue weighted by molar-refractivity contribution is -0.116. The van der Waals surface area contributed by atoms with E-state index >= 15 is 0 Å². The maximum atomic E-state index is 11.7. The predicted molar refractivity (Wildman–Crippen MR) is 71.8 cm³/mol. The van der Waals surface area contributed by atoms with Crippen LogP contribution in [0.15, 0.2) is 18.3 Å². The first-order valence-corrected chi connectivity index (χ1v) is 6.27. The molecular weight excluding hydrogens is 230 g/mol. The van der Waals surface area contributed by atoms with Gasteiger partial charge < -0.3 is 15.4 Å². The van der Waals surface area contributed by atoms with Gasteiger partial charge in [0.25, 0.3) is 0 Å². The molecule has 1 amide bonds. The molecule has 0 aliphatic carbocycles. The summed E-state index contributed by atoms with van der Waals surface area (Å²) in [6.45, 7) is 7.35. The second-order valence-corrected chi connectivity index (χ2v) is 4.03. The van der Waals surface area contributed by atoms with Crippen molar-refractivity contribution in [2.24, 2.45) is 0 Å². The first-order valence-electron chi connectivity index (χ1n) is 6.27. The van der Waals surface area contributed by atoms with Crippen molar-refractivity contribution in [3.63, 3.8) is 0 Å². The fraction of sp³-hybridized carbons (Fsp3) is 0.538. The number of aromatic nitrogens is 1. The highest BCUT2D eigenvalue weighted by Gasteiger charge is 2.08. The molecule has 0 fully saturated rings. The van der Waals surface area contributed by atoms with E-state index in [9.17, 15) is 4.79 Å². The molecule has 5 heteroatoms. The Bertz CT molecular complexity index is 365. The number of carbonyl (C=O) groups excluding carboxylic acids is 1. The number of pyridine rings is 1. The quantitative estimate of drug-likeness (QED) is 0.775. The second-order valence-electron chi connectivity index (χ2n) is 4.03. The summed E-state index contributed by atoms with van der Waals surface area (Å²) in [4.78, 5) is 15.8. The largest absolute Gasteiger partial charge is 0.478 e. The second kappa shape index (κ2) is 7.66. The van der Waals surface area contributed by atoms with Crippen LogP contribution in [0.2, 0.25) is 0 Å². The van der Waals surface area contributed by atoms with Crippen molar-refractivity contribution in [3.8, 4) is 5.88 Å². The molecule has 5 nitrogen and oxygen atoms in total. The number of hydrogen-bond acceptors (Lipinski definition) is 4. The molecular formula is C13H21N3O2. The lowest BCUT2D eigenvalue weighted by Crippen LogP contribution is -2.30. The molecule has 1 aromatic rings. The van der Waals surface area contributed by atoms with Gasteiger partial charge in [-0.25, -0.2) is 4.98 Å². The van der Waals surface area contributed by atoms with Crippen molar-refractivity contribution >= 4 is 11.6 Å². The number of amides is 1. The van der Waals surface area contributed by atoms with Gasteiger partial charge in [-0.15, -0.1) is 0 Å². The van der Waals surface area contributed by atoms with Crippen LogP contribution in [0, 0.1) is 0 Å². The van der Waals surface area contributed by atoms with E-state index in [4.69, 9.17) is 4.74 Å². The number of rotatable bonds is 7. The zero-order valence-electron chi connectivity index (χ0n) is 11.2. The SMILES string of the molecule is CCNC(C)CC(=O)Nc1ccc(OCC)nc1. The third-order valence-electron chi connectivity index (χ3n) is 2.36. The zero-order chi connectivity index (χ0) is 13.4. The highest BCUT2D eigenvalue weighted by molar-refractivity contribution is 5.90. The Kier molecular flexibility index (Phi) is 6.14. The molecule has 1 aromatic heterocycles. The maximum Gasteiger partial charge on any atom is 0.225 e. The number of anilines is 1. The van der Waals surface area contributed by atoms with Crippen LogP contribution >= 0.6 is 0 Å². The Balaban J connectivity index is 2.44. The minimum atomic E-state index is -0.0191. The van der Waals surface area contributed by atoms with Gasteiger partial charge in [-0.2, -0.15) is 0 Å². The van der Waals surface area contributed by atoms with Crippen LogP contribution in [0.4, 0.5) is 5.69 Å². The summed E-state index contributed by atoms with van der Waals surface area (Å²) in [7, 11) is 0. The summed E-state index contributed by atoms with van der Waals surface area (Å²) in [5, 5.41) is 6.00. The maximum absolute atomic E-state index is 11.7. The fourth-order valence-corrected chi connectivity index (χ4v) is 1.60. The van der Waals surface area contributed by atoms with Crippen LogP contribution in [0.5, 0.6) is 5.88 Å². The molecule has 1 atom stereocenters. The van der Waals surface area contributed by atoms with Crippen molar-refractivity contribution in [1.29, 1.82) is 0 Å². The van der Waals surface area contributed by atoms with Gasteiger partial charge in [0.1, 0.15) is 0 Å². The molecule has 0 aromatic carbocycles. The Hall–Kier alpha value is -1.62. The van der Waals surface area contributed by atoms with Crippen LogP contribution in [0.1, 0.15) is 27.2 Å². The van der Waals surface area contributed by atoms with Crippen molar-refractivity contribution < 1.29 is 9.53 Å². The minimum Gasteiger partial charge on any atom is -0.478 e. The summed E-state index contributed by atoms with van der Waals surface area (Å²) < 4.78 is 5.23. The van der Waals surface area contributed by atoms with Gasteiger partial charge in [0.2, 0.25) is 11.8 Å². The smallest absolute Gasteiger partial charge is 0.225 e. The Morgan fingerprint density at radius 3 is 2.78 bits per heavy atom.